The number of carbonyl (C=O) groups excluding carboxylic acids is 1. The minimum absolute atomic E-state index is 0.134. The molecular weight excluding hydrogens is 314 g/mol. The van der Waals surface area contributed by atoms with Gasteiger partial charge in [0.05, 0.1) is 16.7 Å². The van der Waals surface area contributed by atoms with E-state index in [0.29, 0.717) is 12.3 Å². The Bertz CT molecular complexity index is 766. The lowest BCUT2D eigenvalue weighted by atomic mass is 10.1. The van der Waals surface area contributed by atoms with Crippen LogP contribution in [0.4, 0.5) is 5.69 Å². The van der Waals surface area contributed by atoms with E-state index in [2.05, 4.69) is 10.3 Å². The monoisotopic (exact) mass is 333 g/mol. The summed E-state index contributed by atoms with van der Waals surface area (Å²) in [4.78, 5) is 25.2. The highest BCUT2D eigenvalue weighted by atomic mass is 16.6. The van der Waals surface area contributed by atoms with E-state index in [1.54, 1.807) is 11.9 Å². The second-order valence-electron chi connectivity index (χ2n) is 6.03. The van der Waals surface area contributed by atoms with Gasteiger partial charge in [-0.1, -0.05) is 18.0 Å². The highest BCUT2D eigenvalue weighted by molar-refractivity contribution is 5.96. The van der Waals surface area contributed by atoms with E-state index in [-0.39, 0.29) is 17.4 Å². The minimum atomic E-state index is -0.578. The third-order valence-electron chi connectivity index (χ3n) is 4.20. The number of aryl methyl sites for hydroxylation is 2. The average molecular weight is 333 g/mol. The molecule has 0 bridgehead atoms. The fourth-order valence-corrected chi connectivity index (χ4v) is 3.09. The molecule has 3 heterocycles. The number of nitrogens with zero attached hydrogens (tertiary/aromatic N) is 5. The van der Waals surface area contributed by atoms with Crippen molar-refractivity contribution in [3.05, 3.63) is 39.5 Å². The average Bonchev–Trinajstić information content (AvgIpc) is 3.05. The van der Waals surface area contributed by atoms with Crippen LogP contribution in [0.5, 0.6) is 0 Å². The second-order valence-corrected chi connectivity index (χ2v) is 6.03. The molecule has 1 unspecified atom stereocenters. The van der Waals surface area contributed by atoms with E-state index in [4.69, 9.17) is 4.52 Å². The zero-order valence-corrected chi connectivity index (χ0v) is 13.6. The van der Waals surface area contributed by atoms with Gasteiger partial charge in [-0.2, -0.15) is 5.10 Å². The Balaban J connectivity index is 1.97. The van der Waals surface area contributed by atoms with Gasteiger partial charge in [0.1, 0.15) is 6.20 Å². The van der Waals surface area contributed by atoms with E-state index < -0.39 is 10.8 Å². The van der Waals surface area contributed by atoms with Crippen molar-refractivity contribution in [3.8, 4) is 0 Å². The summed E-state index contributed by atoms with van der Waals surface area (Å²) in [5.74, 6) is 0.171. The molecule has 9 heteroatoms. The minimum Gasteiger partial charge on any atom is -0.359 e. The Morgan fingerprint density at radius 3 is 2.88 bits per heavy atom. The summed E-state index contributed by atoms with van der Waals surface area (Å²) in [7, 11) is 1.56. The first-order valence-electron chi connectivity index (χ1n) is 7.89. The van der Waals surface area contributed by atoms with Crippen LogP contribution in [-0.2, 0) is 7.05 Å². The lowest BCUT2D eigenvalue weighted by Gasteiger charge is -2.27. The predicted octanol–water partition coefficient (Wildman–Crippen LogP) is 2.38. The maximum Gasteiger partial charge on any atom is 0.320 e. The van der Waals surface area contributed by atoms with Crippen LogP contribution in [0.3, 0.4) is 0 Å². The topological polar surface area (TPSA) is 107 Å². The third kappa shape index (κ3) is 3.01. The van der Waals surface area contributed by atoms with Gasteiger partial charge in [-0.3, -0.25) is 19.6 Å². The zero-order chi connectivity index (χ0) is 17.3. The molecule has 0 spiro atoms. The van der Waals surface area contributed by atoms with E-state index in [1.165, 1.54) is 10.9 Å². The summed E-state index contributed by atoms with van der Waals surface area (Å²) in [6.07, 6.45) is 4.78. The van der Waals surface area contributed by atoms with Gasteiger partial charge in [0, 0.05) is 19.7 Å². The molecule has 1 saturated heterocycles. The number of carbonyl (C=O) groups is 1. The Morgan fingerprint density at radius 1 is 1.42 bits per heavy atom. The van der Waals surface area contributed by atoms with Crippen LogP contribution < -0.4 is 0 Å². The highest BCUT2D eigenvalue weighted by Gasteiger charge is 2.35. The van der Waals surface area contributed by atoms with Crippen LogP contribution in [0.25, 0.3) is 0 Å². The highest BCUT2D eigenvalue weighted by Crippen LogP contribution is 2.32. The van der Waals surface area contributed by atoms with Crippen LogP contribution in [0, 0.1) is 17.0 Å². The van der Waals surface area contributed by atoms with Gasteiger partial charge >= 0.3 is 5.69 Å². The smallest absolute Gasteiger partial charge is 0.320 e. The molecule has 128 valence electrons. The van der Waals surface area contributed by atoms with Crippen molar-refractivity contribution in [3.63, 3.8) is 0 Å². The summed E-state index contributed by atoms with van der Waals surface area (Å²) < 4.78 is 6.64. The van der Waals surface area contributed by atoms with Gasteiger partial charge in [0.15, 0.2) is 5.76 Å². The predicted molar refractivity (Wildman–Crippen MR) is 83.3 cm³/mol. The standard InChI is InChI=1S/C15H19N5O4/c1-10-8-13(24-17-10)11-6-4-3-5-7-19(11)15(21)14-12(20(22)23)9-18(2)16-14/h8-9,11H,3-7H2,1-2H3. The molecule has 2 aromatic rings. The van der Waals surface area contributed by atoms with E-state index in [9.17, 15) is 14.9 Å². The van der Waals surface area contributed by atoms with E-state index in [0.717, 1.165) is 31.4 Å². The van der Waals surface area contributed by atoms with Crippen LogP contribution in [0.2, 0.25) is 0 Å². The molecule has 0 saturated carbocycles. The number of hydrogen-bond donors (Lipinski definition) is 0. The lowest BCUT2D eigenvalue weighted by molar-refractivity contribution is -0.385. The number of hydrogen-bond acceptors (Lipinski definition) is 6. The molecule has 0 aromatic carbocycles. The van der Waals surface area contributed by atoms with E-state index in [1.807, 2.05) is 13.0 Å². The van der Waals surface area contributed by atoms with Gasteiger partial charge < -0.3 is 9.42 Å². The van der Waals surface area contributed by atoms with Gasteiger partial charge in [0.25, 0.3) is 5.91 Å². The maximum absolute atomic E-state index is 13.0. The summed E-state index contributed by atoms with van der Waals surface area (Å²) in [5, 5.41) is 19.1. The number of likely N-dealkylation sites (tertiary alicyclic amines) is 1. The fourth-order valence-electron chi connectivity index (χ4n) is 3.09. The molecule has 1 aliphatic rings. The van der Waals surface area contributed by atoms with Crippen molar-refractivity contribution in [1.29, 1.82) is 0 Å². The molecule has 3 rings (SSSR count). The van der Waals surface area contributed by atoms with Crippen molar-refractivity contribution in [1.82, 2.24) is 19.8 Å². The maximum atomic E-state index is 13.0. The molecule has 1 atom stereocenters. The largest absolute Gasteiger partial charge is 0.359 e. The van der Waals surface area contributed by atoms with Crippen LogP contribution in [0.15, 0.2) is 16.8 Å². The van der Waals surface area contributed by atoms with Gasteiger partial charge in [0.2, 0.25) is 5.69 Å². The normalized spacial score (nSPS) is 18.4. The van der Waals surface area contributed by atoms with Crippen LogP contribution in [-0.4, -0.2) is 37.2 Å². The van der Waals surface area contributed by atoms with Crippen LogP contribution >= 0.6 is 0 Å². The molecule has 24 heavy (non-hydrogen) atoms. The number of amides is 1. The molecule has 1 amide bonds. The third-order valence-corrected chi connectivity index (χ3v) is 4.20. The SMILES string of the molecule is Cc1cc(C2CCCCCN2C(=O)c2nn(C)cc2[N+](=O)[O-])on1. The summed E-state index contributed by atoms with van der Waals surface area (Å²) >= 11 is 0. The van der Waals surface area contributed by atoms with Crippen molar-refractivity contribution < 1.29 is 14.2 Å². The molecule has 0 N–H and O–H groups in total. The van der Waals surface area contributed by atoms with Gasteiger partial charge in [-0.05, 0) is 19.8 Å². The van der Waals surface area contributed by atoms with Crippen molar-refractivity contribution in [2.24, 2.45) is 7.05 Å². The van der Waals surface area contributed by atoms with Gasteiger partial charge in [-0.25, -0.2) is 0 Å². The molecule has 1 fully saturated rings. The number of rotatable bonds is 3. The summed E-state index contributed by atoms with van der Waals surface area (Å²) in [6, 6.07) is 1.53. The molecular formula is C15H19N5O4. The Labute approximate surface area is 138 Å². The lowest BCUT2D eigenvalue weighted by Crippen LogP contribution is -2.35. The quantitative estimate of drug-likeness (QED) is 0.630. The van der Waals surface area contributed by atoms with Crippen LogP contribution in [0.1, 0.15) is 53.7 Å². The first-order valence-corrected chi connectivity index (χ1v) is 7.89. The fraction of sp³-hybridized carbons (Fsp3) is 0.533. The van der Waals surface area contributed by atoms with Gasteiger partial charge in [-0.15, -0.1) is 0 Å². The summed E-state index contributed by atoms with van der Waals surface area (Å²) in [5.41, 5.74) is 0.329. The van der Waals surface area contributed by atoms with Crippen molar-refractivity contribution in [2.75, 3.05) is 6.54 Å². The number of aromatic nitrogens is 3. The molecule has 2 aromatic heterocycles. The van der Waals surface area contributed by atoms with Crippen molar-refractivity contribution in [2.45, 2.75) is 38.6 Å². The Morgan fingerprint density at radius 2 is 2.21 bits per heavy atom. The summed E-state index contributed by atoms with van der Waals surface area (Å²) in [6.45, 7) is 2.33. The molecule has 1 aliphatic heterocycles. The Hall–Kier alpha value is -2.71. The molecule has 9 nitrogen and oxygen atoms in total. The molecule has 0 aliphatic carbocycles. The first kappa shape index (κ1) is 16.2. The zero-order valence-electron chi connectivity index (χ0n) is 13.6. The Kier molecular flexibility index (Phi) is 4.32. The number of nitro groups is 1. The van der Waals surface area contributed by atoms with Crippen molar-refractivity contribution >= 4 is 11.6 Å². The first-order chi connectivity index (χ1) is 11.5. The molecule has 0 radical (unpaired) electrons. The second kappa shape index (κ2) is 6.42. The van der Waals surface area contributed by atoms with E-state index >= 15 is 0 Å².